The molecular formula is C21H27N3O2. The molecule has 2 unspecified atom stereocenters. The highest BCUT2D eigenvalue weighted by atomic mass is 16.5. The standard InChI is InChI=1S/C21H27N3O2/c1-13-7-19(14(2)23(3)21(13)25)15-5-6-16(20(8-15)26-4)11-24-12-17-9-18(24)10-22-17/h5-8,17-18,22H,9-12H2,1-4H3. The minimum Gasteiger partial charge on any atom is -0.496 e. The van der Waals surface area contributed by atoms with Crippen molar-refractivity contribution in [2.45, 2.75) is 38.9 Å². The lowest BCUT2D eigenvalue weighted by Gasteiger charge is -2.28. The number of rotatable bonds is 4. The minimum absolute atomic E-state index is 0.0625. The second-order valence-corrected chi connectivity index (χ2v) is 7.64. The number of nitrogens with one attached hydrogen (secondary N) is 1. The first-order valence-corrected chi connectivity index (χ1v) is 9.30. The Morgan fingerprint density at radius 2 is 2.08 bits per heavy atom. The van der Waals surface area contributed by atoms with Crippen LogP contribution >= 0.6 is 0 Å². The van der Waals surface area contributed by atoms with Crippen molar-refractivity contribution in [2.75, 3.05) is 20.2 Å². The van der Waals surface area contributed by atoms with Gasteiger partial charge in [-0.05, 0) is 38.0 Å². The molecule has 2 aliphatic heterocycles. The smallest absolute Gasteiger partial charge is 0.253 e. The number of methoxy groups -OCH3 is 1. The van der Waals surface area contributed by atoms with Crippen molar-refractivity contribution in [1.29, 1.82) is 0 Å². The van der Waals surface area contributed by atoms with Crippen molar-refractivity contribution in [3.8, 4) is 16.9 Å². The molecule has 5 heteroatoms. The monoisotopic (exact) mass is 353 g/mol. The molecule has 3 heterocycles. The first kappa shape index (κ1) is 17.3. The van der Waals surface area contributed by atoms with Crippen LogP contribution in [0.4, 0.5) is 0 Å². The fourth-order valence-electron chi connectivity index (χ4n) is 4.37. The maximum Gasteiger partial charge on any atom is 0.253 e. The van der Waals surface area contributed by atoms with E-state index in [0.29, 0.717) is 12.1 Å². The van der Waals surface area contributed by atoms with Crippen LogP contribution in [0, 0.1) is 13.8 Å². The zero-order valence-electron chi connectivity index (χ0n) is 16.0. The number of benzene rings is 1. The topological polar surface area (TPSA) is 46.5 Å². The van der Waals surface area contributed by atoms with Crippen molar-refractivity contribution in [2.24, 2.45) is 7.05 Å². The normalized spacial score (nSPS) is 22.2. The Kier molecular flexibility index (Phi) is 4.37. The van der Waals surface area contributed by atoms with E-state index in [1.54, 1.807) is 11.7 Å². The third-order valence-electron chi connectivity index (χ3n) is 6.04. The molecule has 2 saturated heterocycles. The Balaban J connectivity index is 1.67. The van der Waals surface area contributed by atoms with Gasteiger partial charge in [0.2, 0.25) is 0 Å². The summed E-state index contributed by atoms with van der Waals surface area (Å²) in [4.78, 5) is 14.7. The van der Waals surface area contributed by atoms with Crippen LogP contribution in [0.25, 0.3) is 11.1 Å². The lowest BCUT2D eigenvalue weighted by Crippen LogP contribution is -2.43. The number of likely N-dealkylation sites (tertiary alicyclic amines) is 1. The van der Waals surface area contributed by atoms with Crippen LogP contribution in [-0.2, 0) is 13.6 Å². The molecule has 5 nitrogen and oxygen atoms in total. The minimum atomic E-state index is 0.0625. The molecule has 26 heavy (non-hydrogen) atoms. The summed E-state index contributed by atoms with van der Waals surface area (Å²) >= 11 is 0. The summed E-state index contributed by atoms with van der Waals surface area (Å²) in [5.41, 5.74) is 5.19. The molecule has 0 amide bonds. The number of fused-ring (bicyclic) bond motifs is 2. The summed E-state index contributed by atoms with van der Waals surface area (Å²) in [6, 6.07) is 9.72. The van der Waals surface area contributed by atoms with Gasteiger partial charge in [-0.25, -0.2) is 0 Å². The highest BCUT2D eigenvalue weighted by Crippen LogP contribution is 2.32. The van der Waals surface area contributed by atoms with Gasteiger partial charge in [0.05, 0.1) is 7.11 Å². The lowest BCUT2D eigenvalue weighted by molar-refractivity contribution is 0.215. The molecule has 0 aliphatic carbocycles. The first-order valence-electron chi connectivity index (χ1n) is 9.30. The Morgan fingerprint density at radius 3 is 2.73 bits per heavy atom. The molecule has 2 aliphatic rings. The molecule has 4 rings (SSSR count). The number of aromatic nitrogens is 1. The number of ether oxygens (including phenoxy) is 1. The van der Waals surface area contributed by atoms with Gasteiger partial charge in [-0.1, -0.05) is 12.1 Å². The van der Waals surface area contributed by atoms with Crippen LogP contribution in [0.5, 0.6) is 5.75 Å². The summed E-state index contributed by atoms with van der Waals surface area (Å²) < 4.78 is 7.43. The van der Waals surface area contributed by atoms with E-state index in [9.17, 15) is 4.79 Å². The number of piperazine rings is 1. The van der Waals surface area contributed by atoms with Crippen LogP contribution in [-0.4, -0.2) is 41.8 Å². The van der Waals surface area contributed by atoms with Crippen molar-refractivity contribution < 1.29 is 4.74 Å². The van der Waals surface area contributed by atoms with Crippen LogP contribution in [0.2, 0.25) is 0 Å². The maximum atomic E-state index is 12.1. The van der Waals surface area contributed by atoms with Crippen molar-refractivity contribution in [3.63, 3.8) is 0 Å². The highest BCUT2D eigenvalue weighted by molar-refractivity contribution is 5.69. The Bertz CT molecular complexity index is 903. The van der Waals surface area contributed by atoms with Crippen molar-refractivity contribution in [3.05, 3.63) is 51.4 Å². The Labute approximate surface area is 154 Å². The van der Waals surface area contributed by atoms with E-state index in [-0.39, 0.29) is 5.56 Å². The van der Waals surface area contributed by atoms with Gasteiger partial charge in [-0.3, -0.25) is 9.69 Å². The fraction of sp³-hybridized carbons (Fsp3) is 0.476. The van der Waals surface area contributed by atoms with Gasteiger partial charge in [-0.2, -0.15) is 0 Å². The molecule has 2 fully saturated rings. The summed E-state index contributed by atoms with van der Waals surface area (Å²) in [5.74, 6) is 0.920. The number of aryl methyl sites for hydroxylation is 1. The molecule has 0 saturated carbocycles. The van der Waals surface area contributed by atoms with Gasteiger partial charge in [-0.15, -0.1) is 0 Å². The van der Waals surface area contributed by atoms with Gasteiger partial charge in [0.1, 0.15) is 5.75 Å². The average Bonchev–Trinajstić information content (AvgIpc) is 3.26. The number of hydrogen-bond donors (Lipinski definition) is 1. The first-order chi connectivity index (χ1) is 12.5. The summed E-state index contributed by atoms with van der Waals surface area (Å²) in [6.07, 6.45) is 1.26. The van der Waals surface area contributed by atoms with Crippen LogP contribution in [0.1, 0.15) is 23.2 Å². The van der Waals surface area contributed by atoms with Gasteiger partial charge < -0.3 is 14.6 Å². The van der Waals surface area contributed by atoms with Crippen molar-refractivity contribution in [1.82, 2.24) is 14.8 Å². The zero-order valence-corrected chi connectivity index (χ0v) is 16.0. The SMILES string of the molecule is COc1cc(-c2cc(C)c(=O)n(C)c2C)ccc1CN1CC2CC1CN2. The maximum absolute atomic E-state index is 12.1. The second-order valence-electron chi connectivity index (χ2n) is 7.64. The molecule has 0 radical (unpaired) electrons. The van der Waals surface area contributed by atoms with Crippen molar-refractivity contribution >= 4 is 0 Å². The molecule has 2 aromatic rings. The average molecular weight is 353 g/mol. The molecule has 2 bridgehead atoms. The Hall–Kier alpha value is -2.11. The van der Waals surface area contributed by atoms with Crippen LogP contribution in [0.3, 0.4) is 0 Å². The molecule has 1 N–H and O–H groups in total. The second kappa shape index (κ2) is 6.56. The quantitative estimate of drug-likeness (QED) is 0.916. The van der Waals surface area contributed by atoms with Crippen LogP contribution < -0.4 is 15.6 Å². The largest absolute Gasteiger partial charge is 0.496 e. The summed E-state index contributed by atoms with van der Waals surface area (Å²) in [5, 5.41) is 3.55. The van der Waals surface area contributed by atoms with E-state index in [0.717, 1.165) is 47.8 Å². The van der Waals surface area contributed by atoms with E-state index >= 15 is 0 Å². The van der Waals surface area contributed by atoms with Gasteiger partial charge >= 0.3 is 0 Å². The summed E-state index contributed by atoms with van der Waals surface area (Å²) in [7, 11) is 3.56. The predicted molar refractivity (Wildman–Crippen MR) is 104 cm³/mol. The van der Waals surface area contributed by atoms with Gasteiger partial charge in [0, 0.05) is 61.1 Å². The fourth-order valence-corrected chi connectivity index (χ4v) is 4.37. The molecule has 138 valence electrons. The summed E-state index contributed by atoms with van der Waals surface area (Å²) in [6.45, 7) is 7.01. The van der Waals surface area contributed by atoms with Gasteiger partial charge in [0.15, 0.2) is 0 Å². The van der Waals surface area contributed by atoms with E-state index in [4.69, 9.17) is 4.74 Å². The molecule has 0 spiro atoms. The van der Waals surface area contributed by atoms with E-state index < -0.39 is 0 Å². The van der Waals surface area contributed by atoms with E-state index in [1.807, 2.05) is 27.0 Å². The molecular weight excluding hydrogens is 326 g/mol. The van der Waals surface area contributed by atoms with Gasteiger partial charge in [0.25, 0.3) is 5.56 Å². The lowest BCUT2D eigenvalue weighted by atomic mass is 10.00. The van der Waals surface area contributed by atoms with Crippen LogP contribution in [0.15, 0.2) is 29.1 Å². The third kappa shape index (κ3) is 2.85. The third-order valence-corrected chi connectivity index (χ3v) is 6.04. The van der Waals surface area contributed by atoms with E-state index in [1.165, 1.54) is 12.0 Å². The molecule has 1 aromatic heterocycles. The molecule has 1 aromatic carbocycles. The zero-order chi connectivity index (χ0) is 18.4. The molecule has 2 atom stereocenters. The number of hydrogen-bond acceptors (Lipinski definition) is 4. The Morgan fingerprint density at radius 1 is 1.27 bits per heavy atom. The highest BCUT2D eigenvalue weighted by Gasteiger charge is 2.37. The van der Waals surface area contributed by atoms with E-state index in [2.05, 4.69) is 28.4 Å². The number of nitrogens with zero attached hydrogens (tertiary/aromatic N) is 2. The number of pyridine rings is 1. The predicted octanol–water partition coefficient (Wildman–Crippen LogP) is 2.22.